The molecule has 2 N–H and O–H groups in total. The fourth-order valence-electron chi connectivity index (χ4n) is 3.94. The monoisotopic (exact) mass is 451 g/mol. The molecule has 4 rings (SSSR count). The normalized spacial score (nSPS) is 13.8. The molecule has 1 fully saturated rings. The minimum absolute atomic E-state index is 0.00307. The van der Waals surface area contributed by atoms with Gasteiger partial charge in [-0.1, -0.05) is 18.2 Å². The summed E-state index contributed by atoms with van der Waals surface area (Å²) in [5.41, 5.74) is 1.87. The van der Waals surface area contributed by atoms with Crippen molar-refractivity contribution in [3.63, 3.8) is 0 Å². The molecule has 8 nitrogen and oxygen atoms in total. The van der Waals surface area contributed by atoms with Crippen LogP contribution in [-0.2, 0) is 6.54 Å². The van der Waals surface area contributed by atoms with Crippen LogP contribution in [0.4, 0.5) is 5.95 Å². The molecule has 2 aromatic heterocycles. The molecular weight excluding hydrogens is 426 g/mol. The highest BCUT2D eigenvalue weighted by atomic mass is 32.1. The summed E-state index contributed by atoms with van der Waals surface area (Å²) in [6.07, 6.45) is 3.63. The molecule has 32 heavy (non-hydrogen) atoms. The van der Waals surface area contributed by atoms with E-state index in [9.17, 15) is 14.9 Å². The number of aromatic nitrogens is 2. The Balaban J connectivity index is 1.82. The van der Waals surface area contributed by atoms with E-state index in [0.29, 0.717) is 40.3 Å². The molecule has 0 unspecified atom stereocenters. The van der Waals surface area contributed by atoms with Gasteiger partial charge in [0, 0.05) is 31.6 Å². The Labute approximate surface area is 189 Å². The number of thiophene rings is 1. The molecule has 0 saturated carbocycles. The van der Waals surface area contributed by atoms with Gasteiger partial charge in [0.15, 0.2) is 0 Å². The average Bonchev–Trinajstić information content (AvgIpc) is 3.26. The van der Waals surface area contributed by atoms with E-state index in [-0.39, 0.29) is 24.6 Å². The number of hydrogen-bond donors (Lipinski definition) is 2. The van der Waals surface area contributed by atoms with E-state index in [2.05, 4.69) is 16.3 Å². The molecule has 0 atom stereocenters. The van der Waals surface area contributed by atoms with Crippen molar-refractivity contribution in [3.05, 3.63) is 56.7 Å². The summed E-state index contributed by atoms with van der Waals surface area (Å²) < 4.78 is 2.06. The topological polar surface area (TPSA) is 111 Å². The van der Waals surface area contributed by atoms with Gasteiger partial charge in [-0.15, -0.1) is 11.3 Å². The molecule has 0 radical (unpaired) electrons. The summed E-state index contributed by atoms with van der Waals surface area (Å²) in [5, 5.41) is 22.9. The van der Waals surface area contributed by atoms with Gasteiger partial charge in [0.1, 0.15) is 10.2 Å². The molecule has 1 saturated heterocycles. The summed E-state index contributed by atoms with van der Waals surface area (Å²) in [6.45, 7) is 2.18. The lowest BCUT2D eigenvalue weighted by atomic mass is 10.1. The first kappa shape index (κ1) is 22.0. The number of amides is 1. The van der Waals surface area contributed by atoms with Crippen LogP contribution in [0.5, 0.6) is 0 Å². The van der Waals surface area contributed by atoms with Crippen molar-refractivity contribution in [3.8, 4) is 6.07 Å². The number of piperidine rings is 1. The third-order valence-corrected chi connectivity index (χ3v) is 6.58. The zero-order valence-corrected chi connectivity index (χ0v) is 18.5. The predicted molar refractivity (Wildman–Crippen MR) is 124 cm³/mol. The maximum absolute atomic E-state index is 13.6. The first-order valence-corrected chi connectivity index (χ1v) is 11.7. The second kappa shape index (κ2) is 9.94. The Bertz CT molecular complexity index is 1220. The summed E-state index contributed by atoms with van der Waals surface area (Å²) in [4.78, 5) is 33.1. The largest absolute Gasteiger partial charge is 0.396 e. The van der Waals surface area contributed by atoms with Crippen molar-refractivity contribution >= 4 is 33.4 Å². The number of aliphatic hydroxyl groups is 1. The molecule has 1 aliphatic heterocycles. The number of nitrogens with one attached hydrogen (secondary N) is 1. The first-order valence-electron chi connectivity index (χ1n) is 10.8. The summed E-state index contributed by atoms with van der Waals surface area (Å²) >= 11 is 1.21. The number of fused-ring (bicyclic) bond motifs is 1. The SMILES string of the molecule is N#Cc1ccccc1Cn1c(N2CCCCC2)nc2c(C(=O)NCCCO)csc2c1=O. The number of benzene rings is 1. The van der Waals surface area contributed by atoms with Crippen LogP contribution >= 0.6 is 11.3 Å². The second-order valence-corrected chi connectivity index (χ2v) is 8.66. The van der Waals surface area contributed by atoms with Crippen LogP contribution < -0.4 is 15.8 Å². The molecule has 1 aromatic carbocycles. The molecule has 0 spiro atoms. The lowest BCUT2D eigenvalue weighted by Gasteiger charge is -2.29. The summed E-state index contributed by atoms with van der Waals surface area (Å²) in [5.74, 6) is 0.242. The van der Waals surface area contributed by atoms with Crippen LogP contribution in [0.1, 0.15) is 47.2 Å². The van der Waals surface area contributed by atoms with Gasteiger partial charge in [0.05, 0.1) is 23.7 Å². The highest BCUT2D eigenvalue weighted by molar-refractivity contribution is 7.17. The molecular formula is C23H25N5O3S. The Morgan fingerprint density at radius 3 is 2.78 bits per heavy atom. The highest BCUT2D eigenvalue weighted by Gasteiger charge is 2.23. The zero-order valence-electron chi connectivity index (χ0n) is 17.7. The number of nitrogens with zero attached hydrogens (tertiary/aromatic N) is 4. The number of nitriles is 1. The third kappa shape index (κ3) is 4.38. The van der Waals surface area contributed by atoms with Gasteiger partial charge in [-0.05, 0) is 37.3 Å². The third-order valence-electron chi connectivity index (χ3n) is 5.63. The van der Waals surface area contributed by atoms with Gasteiger partial charge < -0.3 is 15.3 Å². The first-order chi connectivity index (χ1) is 15.6. The van der Waals surface area contributed by atoms with Crippen molar-refractivity contribution < 1.29 is 9.90 Å². The Kier molecular flexibility index (Phi) is 6.83. The molecule has 0 aliphatic carbocycles. The van der Waals surface area contributed by atoms with Crippen LogP contribution in [-0.4, -0.2) is 46.8 Å². The van der Waals surface area contributed by atoms with Crippen LogP contribution in [0.15, 0.2) is 34.4 Å². The van der Waals surface area contributed by atoms with Crippen molar-refractivity contribution in [2.75, 3.05) is 31.1 Å². The van der Waals surface area contributed by atoms with E-state index in [1.807, 2.05) is 12.1 Å². The maximum atomic E-state index is 13.6. The lowest BCUT2D eigenvalue weighted by molar-refractivity contribution is 0.0953. The number of carbonyl (C=O) groups is 1. The predicted octanol–water partition coefficient (Wildman–Crippen LogP) is 2.48. The fraction of sp³-hybridized carbons (Fsp3) is 0.391. The molecule has 3 heterocycles. The highest BCUT2D eigenvalue weighted by Crippen LogP contribution is 2.26. The van der Waals surface area contributed by atoms with Crippen LogP contribution in [0.2, 0.25) is 0 Å². The van der Waals surface area contributed by atoms with E-state index in [1.165, 1.54) is 11.3 Å². The van der Waals surface area contributed by atoms with Crippen LogP contribution in [0.25, 0.3) is 10.2 Å². The van der Waals surface area contributed by atoms with Crippen LogP contribution in [0.3, 0.4) is 0 Å². The summed E-state index contributed by atoms with van der Waals surface area (Å²) in [6, 6.07) is 9.45. The van der Waals surface area contributed by atoms with Crippen molar-refractivity contribution in [1.82, 2.24) is 14.9 Å². The van der Waals surface area contributed by atoms with Gasteiger partial charge in [0.2, 0.25) is 5.95 Å². The van der Waals surface area contributed by atoms with Gasteiger partial charge >= 0.3 is 0 Å². The smallest absolute Gasteiger partial charge is 0.273 e. The van der Waals surface area contributed by atoms with Gasteiger partial charge in [0.25, 0.3) is 11.5 Å². The van der Waals surface area contributed by atoms with E-state index < -0.39 is 0 Å². The average molecular weight is 452 g/mol. The van der Waals surface area contributed by atoms with Gasteiger partial charge in [-0.3, -0.25) is 14.2 Å². The van der Waals surface area contributed by atoms with Crippen molar-refractivity contribution in [2.24, 2.45) is 0 Å². The number of anilines is 1. The minimum Gasteiger partial charge on any atom is -0.396 e. The maximum Gasteiger partial charge on any atom is 0.273 e. The fourth-order valence-corrected chi connectivity index (χ4v) is 4.87. The Morgan fingerprint density at radius 1 is 1.25 bits per heavy atom. The number of hydrogen-bond acceptors (Lipinski definition) is 7. The molecule has 1 aliphatic rings. The Morgan fingerprint density at radius 2 is 2.03 bits per heavy atom. The summed E-state index contributed by atoms with van der Waals surface area (Å²) in [7, 11) is 0. The second-order valence-electron chi connectivity index (χ2n) is 7.78. The Hall–Kier alpha value is -3.22. The molecule has 166 valence electrons. The van der Waals surface area contributed by atoms with Crippen LogP contribution in [0, 0.1) is 11.3 Å². The van der Waals surface area contributed by atoms with Gasteiger partial charge in [-0.2, -0.15) is 5.26 Å². The standard InChI is InChI=1S/C23H25N5O3S/c24-13-16-7-2-3-8-17(16)14-28-22(31)20-19(26-23(28)27-10-4-1-5-11-27)18(15-32-20)21(30)25-9-6-12-29/h2-3,7-8,15,29H,1,4-6,9-12,14H2,(H,25,30). The quantitative estimate of drug-likeness (QED) is 0.534. The molecule has 0 bridgehead atoms. The number of carbonyl (C=O) groups excluding carboxylic acids is 1. The van der Waals surface area contributed by atoms with E-state index in [4.69, 9.17) is 10.1 Å². The zero-order chi connectivity index (χ0) is 22.5. The van der Waals surface area contributed by atoms with E-state index in [1.54, 1.807) is 22.1 Å². The molecule has 3 aromatic rings. The van der Waals surface area contributed by atoms with E-state index >= 15 is 0 Å². The van der Waals surface area contributed by atoms with Crippen molar-refractivity contribution in [2.45, 2.75) is 32.2 Å². The van der Waals surface area contributed by atoms with Crippen molar-refractivity contribution in [1.29, 1.82) is 5.26 Å². The van der Waals surface area contributed by atoms with Gasteiger partial charge in [-0.25, -0.2) is 4.98 Å². The minimum atomic E-state index is -0.297. The molecule has 9 heteroatoms. The van der Waals surface area contributed by atoms with E-state index in [0.717, 1.165) is 37.9 Å². The number of aliphatic hydroxyl groups excluding tert-OH is 1. The lowest BCUT2D eigenvalue weighted by Crippen LogP contribution is -2.36. The molecule has 1 amide bonds. The number of rotatable bonds is 7.